The summed E-state index contributed by atoms with van der Waals surface area (Å²) in [5.41, 5.74) is 0. The van der Waals surface area contributed by atoms with Crippen LogP contribution < -0.4 is 10.0 Å². The minimum Gasteiger partial charge on any atom is -0.447 e. The first-order valence-electron chi connectivity index (χ1n) is 5.71. The number of nitrogens with one attached hydrogen (secondary N) is 2. The van der Waals surface area contributed by atoms with Crippen molar-refractivity contribution in [2.45, 2.75) is 18.6 Å². The number of furan rings is 1. The van der Waals surface area contributed by atoms with Crippen LogP contribution in [0.1, 0.15) is 12.7 Å². The number of ether oxygens (including phenoxy) is 1. The van der Waals surface area contributed by atoms with Gasteiger partial charge in [0.1, 0.15) is 5.76 Å². The predicted octanol–water partition coefficient (Wildman–Crippen LogP) is 0.560. The van der Waals surface area contributed by atoms with Crippen LogP contribution in [0.25, 0.3) is 0 Å². The van der Waals surface area contributed by atoms with Crippen LogP contribution in [0.3, 0.4) is 0 Å². The Labute approximate surface area is 108 Å². The first-order chi connectivity index (χ1) is 8.49. The second-order valence-electron chi connectivity index (χ2n) is 4.12. The average molecular weight is 276 g/mol. The first kappa shape index (κ1) is 15.2. The van der Waals surface area contributed by atoms with Crippen molar-refractivity contribution in [1.82, 2.24) is 10.0 Å². The molecule has 1 heterocycles. The van der Waals surface area contributed by atoms with E-state index in [9.17, 15) is 8.42 Å². The molecule has 0 radical (unpaired) electrons. The Morgan fingerprint density at radius 3 is 2.78 bits per heavy atom. The molecule has 6 nitrogen and oxygen atoms in total. The van der Waals surface area contributed by atoms with Crippen molar-refractivity contribution >= 4 is 10.0 Å². The zero-order chi connectivity index (χ0) is 13.6. The zero-order valence-electron chi connectivity index (χ0n) is 10.9. The molecule has 0 aromatic carbocycles. The molecule has 1 atom stereocenters. The molecule has 1 rings (SSSR count). The molecule has 1 aromatic rings. The third-order valence-electron chi connectivity index (χ3n) is 2.41. The molecule has 0 aliphatic carbocycles. The quantitative estimate of drug-likeness (QED) is 0.725. The lowest BCUT2D eigenvalue weighted by Gasteiger charge is -2.10. The molecule has 0 amide bonds. The van der Waals surface area contributed by atoms with Crippen LogP contribution in [0.15, 0.2) is 21.6 Å². The van der Waals surface area contributed by atoms with E-state index in [0.717, 1.165) is 6.54 Å². The summed E-state index contributed by atoms with van der Waals surface area (Å²) in [6.07, 6.45) is 0. The Morgan fingerprint density at radius 1 is 1.44 bits per heavy atom. The van der Waals surface area contributed by atoms with E-state index >= 15 is 0 Å². The van der Waals surface area contributed by atoms with Gasteiger partial charge in [0.2, 0.25) is 5.09 Å². The molecule has 0 spiro atoms. The lowest BCUT2D eigenvalue weighted by Crippen LogP contribution is -2.23. The standard InChI is InChI=1S/C11H20N2O4S/c1-9(8-16-3)6-13-7-10-4-5-11(17-10)18(14,15)12-2/h4-5,9,12-13H,6-8H2,1-3H3. The molecule has 7 heteroatoms. The molecule has 2 N–H and O–H groups in total. The highest BCUT2D eigenvalue weighted by Crippen LogP contribution is 2.13. The van der Waals surface area contributed by atoms with E-state index < -0.39 is 10.0 Å². The minimum atomic E-state index is -3.49. The van der Waals surface area contributed by atoms with Gasteiger partial charge in [-0.1, -0.05) is 6.92 Å². The lowest BCUT2D eigenvalue weighted by atomic mass is 10.2. The fraction of sp³-hybridized carbons (Fsp3) is 0.636. The number of rotatable bonds is 8. The molecule has 18 heavy (non-hydrogen) atoms. The van der Waals surface area contributed by atoms with Crippen molar-refractivity contribution in [2.75, 3.05) is 27.3 Å². The highest BCUT2D eigenvalue weighted by molar-refractivity contribution is 7.89. The SMILES string of the molecule is CNS(=O)(=O)c1ccc(CNCC(C)COC)o1. The third-order valence-corrected chi connectivity index (χ3v) is 3.70. The normalized spacial score (nSPS) is 13.7. The third kappa shape index (κ3) is 4.41. The molecule has 1 aromatic heterocycles. The molecule has 0 aliphatic heterocycles. The van der Waals surface area contributed by atoms with E-state index in [-0.39, 0.29) is 5.09 Å². The van der Waals surface area contributed by atoms with Gasteiger partial charge < -0.3 is 14.5 Å². The van der Waals surface area contributed by atoms with Gasteiger partial charge in [-0.05, 0) is 25.1 Å². The van der Waals surface area contributed by atoms with Crippen LogP contribution in [-0.4, -0.2) is 35.7 Å². The second-order valence-corrected chi connectivity index (χ2v) is 5.94. The van der Waals surface area contributed by atoms with Gasteiger partial charge in [-0.15, -0.1) is 0 Å². The number of sulfonamides is 1. The Kier molecular flexibility index (Phi) is 5.80. The zero-order valence-corrected chi connectivity index (χ0v) is 11.7. The van der Waals surface area contributed by atoms with E-state index in [1.54, 1.807) is 13.2 Å². The summed E-state index contributed by atoms with van der Waals surface area (Å²) >= 11 is 0. The fourth-order valence-electron chi connectivity index (χ4n) is 1.48. The monoisotopic (exact) mass is 276 g/mol. The van der Waals surface area contributed by atoms with Crippen molar-refractivity contribution < 1.29 is 17.6 Å². The van der Waals surface area contributed by atoms with Gasteiger partial charge in [-0.3, -0.25) is 0 Å². The van der Waals surface area contributed by atoms with Gasteiger partial charge in [-0.2, -0.15) is 0 Å². The Balaban J connectivity index is 2.45. The maximum atomic E-state index is 11.4. The van der Waals surface area contributed by atoms with Crippen LogP contribution in [0, 0.1) is 5.92 Å². The smallest absolute Gasteiger partial charge is 0.273 e. The average Bonchev–Trinajstić information content (AvgIpc) is 2.79. The van der Waals surface area contributed by atoms with Gasteiger partial charge in [0, 0.05) is 20.3 Å². The van der Waals surface area contributed by atoms with E-state index in [0.29, 0.717) is 24.8 Å². The van der Waals surface area contributed by atoms with Crippen molar-refractivity contribution in [3.05, 3.63) is 17.9 Å². The van der Waals surface area contributed by atoms with Crippen molar-refractivity contribution in [3.63, 3.8) is 0 Å². The second kappa shape index (κ2) is 6.89. The van der Waals surface area contributed by atoms with Crippen LogP contribution in [0.5, 0.6) is 0 Å². The summed E-state index contributed by atoms with van der Waals surface area (Å²) in [6.45, 7) is 4.02. The van der Waals surface area contributed by atoms with Crippen LogP contribution >= 0.6 is 0 Å². The lowest BCUT2D eigenvalue weighted by molar-refractivity contribution is 0.158. The van der Waals surface area contributed by atoms with Crippen LogP contribution in [0.2, 0.25) is 0 Å². The molecular weight excluding hydrogens is 256 g/mol. The van der Waals surface area contributed by atoms with Gasteiger partial charge in [0.15, 0.2) is 0 Å². The van der Waals surface area contributed by atoms with Crippen molar-refractivity contribution in [1.29, 1.82) is 0 Å². The largest absolute Gasteiger partial charge is 0.447 e. The maximum absolute atomic E-state index is 11.4. The van der Waals surface area contributed by atoms with Gasteiger partial charge in [0.25, 0.3) is 10.0 Å². The molecule has 0 bridgehead atoms. The summed E-state index contributed by atoms with van der Waals surface area (Å²) in [4.78, 5) is 0. The van der Waals surface area contributed by atoms with Crippen LogP contribution in [0.4, 0.5) is 0 Å². The number of hydrogen-bond donors (Lipinski definition) is 2. The Morgan fingerprint density at radius 2 is 2.17 bits per heavy atom. The van der Waals surface area contributed by atoms with Crippen LogP contribution in [-0.2, 0) is 21.3 Å². The summed E-state index contributed by atoms with van der Waals surface area (Å²) in [7, 11) is -0.478. The van der Waals surface area contributed by atoms with E-state index in [4.69, 9.17) is 9.15 Å². The number of hydrogen-bond acceptors (Lipinski definition) is 5. The van der Waals surface area contributed by atoms with Crippen molar-refractivity contribution in [3.8, 4) is 0 Å². The minimum absolute atomic E-state index is 0.0632. The van der Waals surface area contributed by atoms with Gasteiger partial charge >= 0.3 is 0 Å². The molecule has 0 fully saturated rings. The maximum Gasteiger partial charge on any atom is 0.273 e. The molecule has 1 unspecified atom stereocenters. The molecule has 104 valence electrons. The topological polar surface area (TPSA) is 80.6 Å². The first-order valence-corrected chi connectivity index (χ1v) is 7.20. The predicted molar refractivity (Wildman–Crippen MR) is 67.7 cm³/mol. The summed E-state index contributed by atoms with van der Waals surface area (Å²) in [6, 6.07) is 3.10. The Hall–Kier alpha value is -0.890. The molecule has 0 saturated carbocycles. The van der Waals surface area contributed by atoms with Gasteiger partial charge in [0.05, 0.1) is 6.54 Å². The summed E-state index contributed by atoms with van der Waals surface area (Å²) in [5.74, 6) is 0.985. The molecule has 0 saturated heterocycles. The summed E-state index contributed by atoms with van der Waals surface area (Å²) in [5, 5.41) is 3.12. The van der Waals surface area contributed by atoms with E-state index in [1.807, 2.05) is 0 Å². The molecular formula is C11H20N2O4S. The van der Waals surface area contributed by atoms with E-state index in [1.165, 1.54) is 13.1 Å². The molecule has 0 aliphatic rings. The number of methoxy groups -OCH3 is 1. The fourth-order valence-corrected chi connectivity index (χ4v) is 2.15. The highest BCUT2D eigenvalue weighted by atomic mass is 32.2. The van der Waals surface area contributed by atoms with E-state index in [2.05, 4.69) is 17.0 Å². The summed E-state index contributed by atoms with van der Waals surface area (Å²) < 4.78 is 35.3. The van der Waals surface area contributed by atoms with Crippen molar-refractivity contribution in [2.24, 2.45) is 5.92 Å². The Bertz CT molecular complexity index is 455. The highest BCUT2D eigenvalue weighted by Gasteiger charge is 2.16. The van der Waals surface area contributed by atoms with Gasteiger partial charge in [-0.25, -0.2) is 13.1 Å².